The number of aliphatic hydroxyl groups is 1. The van der Waals surface area contributed by atoms with Crippen molar-refractivity contribution >= 4 is 34.8 Å². The second-order valence-corrected chi connectivity index (χ2v) is 6.75. The summed E-state index contributed by atoms with van der Waals surface area (Å²) in [6.45, 7) is 0.707. The van der Waals surface area contributed by atoms with Gasteiger partial charge in [0.15, 0.2) is 11.5 Å². The average Bonchev–Trinajstić information content (AvgIpc) is 2.75. The molecule has 0 spiro atoms. The second kappa shape index (κ2) is 9.69. The lowest BCUT2D eigenvalue weighted by Gasteiger charge is -2.30. The minimum absolute atomic E-state index is 0.0951. The molecule has 1 aromatic heterocycles. The van der Waals surface area contributed by atoms with E-state index in [1.165, 1.54) is 17.3 Å². The summed E-state index contributed by atoms with van der Waals surface area (Å²) in [5, 5.41) is 19.0. The van der Waals surface area contributed by atoms with Crippen molar-refractivity contribution in [2.45, 2.75) is 6.54 Å². The number of rotatable bonds is 7. The van der Waals surface area contributed by atoms with Crippen LogP contribution < -0.4 is 15.5 Å². The first-order chi connectivity index (χ1) is 14.5. The number of aliphatic hydroxyl groups excluding tert-OH is 1. The predicted octanol–water partition coefficient (Wildman–Crippen LogP) is 3.22. The van der Waals surface area contributed by atoms with Crippen LogP contribution in [0.5, 0.6) is 0 Å². The monoisotopic (exact) mass is 422 g/mol. The molecule has 0 aliphatic carbocycles. The number of aromatic nitrogens is 2. The highest BCUT2D eigenvalue weighted by Crippen LogP contribution is 2.36. The van der Waals surface area contributed by atoms with E-state index in [4.69, 9.17) is 22.6 Å². The molecule has 0 atom stereocenters. The molecule has 152 valence electrons. The van der Waals surface area contributed by atoms with Crippen molar-refractivity contribution in [1.29, 1.82) is 5.26 Å². The van der Waals surface area contributed by atoms with Gasteiger partial charge in [-0.05, 0) is 23.8 Å². The van der Waals surface area contributed by atoms with Gasteiger partial charge in [-0.25, -0.2) is 19.7 Å². The fraction of sp³-hybridized carbons (Fsp3) is 0.143. The summed E-state index contributed by atoms with van der Waals surface area (Å²) >= 11 is 6.22. The molecule has 3 N–H and O–H groups in total. The van der Waals surface area contributed by atoms with E-state index in [1.807, 2.05) is 41.3 Å². The molecule has 0 saturated carbocycles. The van der Waals surface area contributed by atoms with Gasteiger partial charge in [-0.3, -0.25) is 0 Å². The highest BCUT2D eigenvalue weighted by Gasteiger charge is 2.23. The number of amides is 2. The SMILES string of the molecule is N#Cc1cnc(N(C(N)=O)c2cc(Cl)ccc2N(CCO)Cc2ccccc2)cn1. The molecule has 0 aliphatic rings. The number of halogens is 1. The van der Waals surface area contributed by atoms with Gasteiger partial charge in [-0.2, -0.15) is 5.26 Å². The van der Waals surface area contributed by atoms with Crippen LogP contribution in [0.15, 0.2) is 60.9 Å². The van der Waals surface area contributed by atoms with Gasteiger partial charge < -0.3 is 15.7 Å². The lowest BCUT2D eigenvalue weighted by atomic mass is 10.1. The molecule has 1 heterocycles. The number of urea groups is 1. The molecule has 0 saturated heterocycles. The van der Waals surface area contributed by atoms with E-state index in [0.29, 0.717) is 29.5 Å². The van der Waals surface area contributed by atoms with E-state index in [0.717, 1.165) is 5.56 Å². The van der Waals surface area contributed by atoms with Gasteiger partial charge >= 0.3 is 6.03 Å². The van der Waals surface area contributed by atoms with Crippen LogP contribution in [-0.2, 0) is 6.54 Å². The normalized spacial score (nSPS) is 10.3. The number of benzene rings is 2. The van der Waals surface area contributed by atoms with Crippen molar-refractivity contribution in [2.75, 3.05) is 23.0 Å². The number of primary amides is 1. The molecule has 2 aromatic carbocycles. The molecule has 30 heavy (non-hydrogen) atoms. The molecule has 0 fully saturated rings. The Hall–Kier alpha value is -3.67. The molecule has 2 amide bonds. The van der Waals surface area contributed by atoms with Crippen LogP contribution in [-0.4, -0.2) is 34.3 Å². The van der Waals surface area contributed by atoms with E-state index in [-0.39, 0.29) is 18.1 Å². The molecule has 9 heteroatoms. The van der Waals surface area contributed by atoms with Crippen LogP contribution >= 0.6 is 11.6 Å². The van der Waals surface area contributed by atoms with Crippen molar-refractivity contribution in [2.24, 2.45) is 5.73 Å². The summed E-state index contributed by atoms with van der Waals surface area (Å²) in [7, 11) is 0. The molecule has 8 nitrogen and oxygen atoms in total. The molecule has 3 rings (SSSR count). The number of hydrogen-bond acceptors (Lipinski definition) is 6. The second-order valence-electron chi connectivity index (χ2n) is 6.31. The zero-order valence-electron chi connectivity index (χ0n) is 15.9. The topological polar surface area (TPSA) is 119 Å². The number of nitrogens with zero attached hydrogens (tertiary/aromatic N) is 5. The minimum atomic E-state index is -0.791. The van der Waals surface area contributed by atoms with Crippen LogP contribution in [0.2, 0.25) is 5.02 Å². The quantitative estimate of drug-likeness (QED) is 0.603. The third kappa shape index (κ3) is 4.84. The van der Waals surface area contributed by atoms with Crippen LogP contribution in [0.4, 0.5) is 22.0 Å². The van der Waals surface area contributed by atoms with Crippen molar-refractivity contribution in [3.05, 3.63) is 77.2 Å². The van der Waals surface area contributed by atoms with Gasteiger partial charge in [0.25, 0.3) is 0 Å². The van der Waals surface area contributed by atoms with Crippen LogP contribution in [0.1, 0.15) is 11.3 Å². The Morgan fingerprint density at radius 1 is 1.13 bits per heavy atom. The van der Waals surface area contributed by atoms with Crippen molar-refractivity contribution < 1.29 is 9.90 Å². The maximum absolute atomic E-state index is 12.4. The molecule has 0 unspecified atom stereocenters. The molecule has 3 aromatic rings. The van der Waals surface area contributed by atoms with Gasteiger partial charge in [-0.15, -0.1) is 0 Å². The Labute approximate surface area is 178 Å². The van der Waals surface area contributed by atoms with Gasteiger partial charge in [0, 0.05) is 18.1 Å². The summed E-state index contributed by atoms with van der Waals surface area (Å²) in [6, 6.07) is 15.8. The first kappa shape index (κ1) is 21.0. The summed E-state index contributed by atoms with van der Waals surface area (Å²) in [4.78, 5) is 23.5. The smallest absolute Gasteiger partial charge is 0.325 e. The Morgan fingerprint density at radius 3 is 2.50 bits per heavy atom. The third-order valence-electron chi connectivity index (χ3n) is 4.31. The number of nitrogens with two attached hydrogens (primary N) is 1. The van der Waals surface area contributed by atoms with Crippen molar-refractivity contribution in [1.82, 2.24) is 9.97 Å². The Morgan fingerprint density at radius 2 is 1.90 bits per heavy atom. The zero-order valence-corrected chi connectivity index (χ0v) is 16.7. The number of hydrogen-bond donors (Lipinski definition) is 2. The highest BCUT2D eigenvalue weighted by atomic mass is 35.5. The number of carbonyl (C=O) groups is 1. The lowest BCUT2D eigenvalue weighted by Crippen LogP contribution is -2.35. The van der Waals surface area contributed by atoms with Gasteiger partial charge in [0.1, 0.15) is 6.07 Å². The molecule has 0 bridgehead atoms. The lowest BCUT2D eigenvalue weighted by molar-refractivity contribution is 0.256. The number of carbonyl (C=O) groups excluding carboxylic acids is 1. The largest absolute Gasteiger partial charge is 0.395 e. The first-order valence-electron chi connectivity index (χ1n) is 9.04. The minimum Gasteiger partial charge on any atom is -0.395 e. The summed E-state index contributed by atoms with van der Waals surface area (Å²) in [5.74, 6) is 0.147. The van der Waals surface area contributed by atoms with Gasteiger partial charge in [0.2, 0.25) is 0 Å². The average molecular weight is 423 g/mol. The highest BCUT2D eigenvalue weighted by molar-refractivity contribution is 6.31. The predicted molar refractivity (Wildman–Crippen MR) is 114 cm³/mol. The number of nitriles is 1. The van der Waals surface area contributed by atoms with Crippen molar-refractivity contribution in [3.8, 4) is 6.07 Å². The molecule has 0 radical (unpaired) electrons. The maximum atomic E-state index is 12.4. The Bertz CT molecular complexity index is 1050. The van der Waals surface area contributed by atoms with E-state index in [2.05, 4.69) is 9.97 Å². The standard InChI is InChI=1S/C21H19ClN6O2/c22-16-6-7-18(27(8-9-29)14-15-4-2-1-3-5-15)19(10-16)28(21(24)30)20-13-25-17(11-23)12-26-20/h1-7,10,12-13,29H,8-9,14H2,(H2,24,30). The van der Waals surface area contributed by atoms with Crippen LogP contribution in [0.3, 0.4) is 0 Å². The van der Waals surface area contributed by atoms with E-state index in [9.17, 15) is 9.90 Å². The van der Waals surface area contributed by atoms with Crippen molar-refractivity contribution in [3.63, 3.8) is 0 Å². The van der Waals surface area contributed by atoms with Gasteiger partial charge in [-0.1, -0.05) is 41.9 Å². The van der Waals surface area contributed by atoms with Crippen LogP contribution in [0, 0.1) is 11.3 Å². The molecular formula is C21H19ClN6O2. The van der Waals surface area contributed by atoms with Gasteiger partial charge in [0.05, 0.1) is 30.4 Å². The number of anilines is 3. The van der Waals surface area contributed by atoms with E-state index >= 15 is 0 Å². The fourth-order valence-electron chi connectivity index (χ4n) is 3.00. The Kier molecular flexibility index (Phi) is 6.80. The summed E-state index contributed by atoms with van der Waals surface area (Å²) in [6.07, 6.45) is 2.55. The molecule has 0 aliphatic heterocycles. The summed E-state index contributed by atoms with van der Waals surface area (Å²) < 4.78 is 0. The fourth-order valence-corrected chi connectivity index (χ4v) is 3.17. The third-order valence-corrected chi connectivity index (χ3v) is 4.54. The zero-order chi connectivity index (χ0) is 21.5. The first-order valence-corrected chi connectivity index (χ1v) is 9.42. The summed E-state index contributed by atoms with van der Waals surface area (Å²) in [5.41, 5.74) is 7.81. The van der Waals surface area contributed by atoms with E-state index in [1.54, 1.807) is 18.2 Å². The maximum Gasteiger partial charge on any atom is 0.325 e. The molecular weight excluding hydrogens is 404 g/mol. The van der Waals surface area contributed by atoms with Crippen LogP contribution in [0.25, 0.3) is 0 Å². The Balaban J connectivity index is 2.09. The van der Waals surface area contributed by atoms with E-state index < -0.39 is 6.03 Å².